The fourth-order valence-corrected chi connectivity index (χ4v) is 2.71. The molecule has 0 saturated carbocycles. The zero-order chi connectivity index (χ0) is 12.8. The standard InChI is InChI=1S/C12H18O5/c1-6(13)15-11-9(12(2,3)4)7-5-8(14)16-10(7)17-11/h7,9-11H,5H2,1-4H3/t7-,9+,10+,11+/m0/s1. The van der Waals surface area contributed by atoms with Crippen molar-refractivity contribution in [1.29, 1.82) is 0 Å². The van der Waals surface area contributed by atoms with Gasteiger partial charge in [0.25, 0.3) is 0 Å². The van der Waals surface area contributed by atoms with Gasteiger partial charge in [0.1, 0.15) is 0 Å². The lowest BCUT2D eigenvalue weighted by atomic mass is 9.73. The minimum atomic E-state index is -0.615. The molecule has 2 rings (SSSR count). The van der Waals surface area contributed by atoms with Gasteiger partial charge in [-0.15, -0.1) is 0 Å². The van der Waals surface area contributed by atoms with E-state index in [0.717, 1.165) is 0 Å². The van der Waals surface area contributed by atoms with Crippen LogP contribution in [0.5, 0.6) is 0 Å². The predicted octanol–water partition coefficient (Wildman–Crippen LogP) is 1.46. The Balaban J connectivity index is 2.20. The van der Waals surface area contributed by atoms with Crippen LogP contribution in [0, 0.1) is 17.3 Å². The van der Waals surface area contributed by atoms with Gasteiger partial charge in [0.15, 0.2) is 0 Å². The van der Waals surface area contributed by atoms with Crippen LogP contribution < -0.4 is 0 Å². The van der Waals surface area contributed by atoms with Crippen molar-refractivity contribution in [3.8, 4) is 0 Å². The molecule has 0 spiro atoms. The van der Waals surface area contributed by atoms with E-state index in [1.54, 1.807) is 0 Å². The van der Waals surface area contributed by atoms with Crippen LogP contribution in [0.25, 0.3) is 0 Å². The molecule has 0 N–H and O–H groups in total. The molecule has 0 aromatic heterocycles. The van der Waals surface area contributed by atoms with Gasteiger partial charge in [-0.3, -0.25) is 9.59 Å². The molecule has 5 nitrogen and oxygen atoms in total. The number of rotatable bonds is 1. The van der Waals surface area contributed by atoms with Gasteiger partial charge in [0.2, 0.25) is 12.6 Å². The van der Waals surface area contributed by atoms with Crippen molar-refractivity contribution in [2.24, 2.45) is 17.3 Å². The SMILES string of the molecule is CC(=O)O[C@@H]1O[C@H]2OC(=O)C[C@H]2[C@H]1C(C)(C)C. The first kappa shape index (κ1) is 12.4. The Morgan fingerprint density at radius 3 is 2.59 bits per heavy atom. The molecule has 0 aromatic carbocycles. The van der Waals surface area contributed by atoms with E-state index in [1.165, 1.54) is 6.92 Å². The van der Waals surface area contributed by atoms with E-state index in [0.29, 0.717) is 6.42 Å². The molecule has 4 atom stereocenters. The van der Waals surface area contributed by atoms with Gasteiger partial charge in [0, 0.05) is 18.8 Å². The maximum Gasteiger partial charge on any atom is 0.308 e. The summed E-state index contributed by atoms with van der Waals surface area (Å²) in [6, 6.07) is 0. The fourth-order valence-electron chi connectivity index (χ4n) is 2.71. The molecule has 2 saturated heterocycles. The molecule has 0 aliphatic carbocycles. The summed E-state index contributed by atoms with van der Waals surface area (Å²) in [4.78, 5) is 22.3. The molecule has 0 bridgehead atoms. The molecule has 17 heavy (non-hydrogen) atoms. The number of carbonyl (C=O) groups is 2. The molecule has 0 amide bonds. The zero-order valence-electron chi connectivity index (χ0n) is 10.6. The summed E-state index contributed by atoms with van der Waals surface area (Å²) in [6.45, 7) is 7.48. The largest absolute Gasteiger partial charge is 0.435 e. The van der Waals surface area contributed by atoms with E-state index in [9.17, 15) is 9.59 Å². The Hall–Kier alpha value is -1.10. The maximum absolute atomic E-state index is 11.2. The van der Waals surface area contributed by atoms with Crippen molar-refractivity contribution in [2.75, 3.05) is 0 Å². The van der Waals surface area contributed by atoms with Gasteiger partial charge in [-0.25, -0.2) is 0 Å². The van der Waals surface area contributed by atoms with Crippen molar-refractivity contribution in [2.45, 2.75) is 46.7 Å². The Morgan fingerprint density at radius 1 is 1.41 bits per heavy atom. The molecule has 2 aliphatic heterocycles. The first-order valence-electron chi connectivity index (χ1n) is 5.81. The lowest BCUT2D eigenvalue weighted by Gasteiger charge is -2.32. The van der Waals surface area contributed by atoms with E-state index in [1.807, 2.05) is 20.8 Å². The Labute approximate surface area is 100 Å². The van der Waals surface area contributed by atoms with Crippen LogP contribution in [0.1, 0.15) is 34.1 Å². The molecule has 2 fully saturated rings. The number of hydrogen-bond acceptors (Lipinski definition) is 5. The summed E-state index contributed by atoms with van der Waals surface area (Å²) in [5.41, 5.74) is -0.118. The number of esters is 2. The first-order chi connectivity index (χ1) is 7.79. The first-order valence-corrected chi connectivity index (χ1v) is 5.81. The predicted molar refractivity (Wildman–Crippen MR) is 57.6 cm³/mol. The molecule has 2 heterocycles. The average Bonchev–Trinajstić information content (AvgIpc) is 2.55. The third-order valence-corrected chi connectivity index (χ3v) is 3.30. The highest BCUT2D eigenvalue weighted by molar-refractivity contribution is 5.72. The van der Waals surface area contributed by atoms with Crippen molar-refractivity contribution < 1.29 is 23.8 Å². The molecule has 5 heteroatoms. The number of fused-ring (bicyclic) bond motifs is 1. The van der Waals surface area contributed by atoms with Crippen LogP contribution >= 0.6 is 0 Å². The summed E-state index contributed by atoms with van der Waals surface area (Å²) in [5.74, 6) is -0.666. The second kappa shape index (κ2) is 3.98. The van der Waals surface area contributed by atoms with Crippen molar-refractivity contribution in [1.82, 2.24) is 0 Å². The molecule has 0 aromatic rings. The van der Waals surface area contributed by atoms with Crippen LogP contribution in [-0.2, 0) is 23.8 Å². The van der Waals surface area contributed by atoms with E-state index >= 15 is 0 Å². The van der Waals surface area contributed by atoms with E-state index in [2.05, 4.69) is 0 Å². The maximum atomic E-state index is 11.2. The highest BCUT2D eigenvalue weighted by Crippen LogP contribution is 2.48. The highest BCUT2D eigenvalue weighted by atomic mass is 16.8. The Morgan fingerprint density at radius 2 is 2.06 bits per heavy atom. The highest BCUT2D eigenvalue weighted by Gasteiger charge is 2.56. The lowest BCUT2D eigenvalue weighted by Crippen LogP contribution is -2.35. The van der Waals surface area contributed by atoms with E-state index in [4.69, 9.17) is 14.2 Å². The normalized spacial score (nSPS) is 36.6. The monoisotopic (exact) mass is 242 g/mol. The number of hydrogen-bond donors (Lipinski definition) is 0. The summed E-state index contributed by atoms with van der Waals surface area (Å²) >= 11 is 0. The van der Waals surface area contributed by atoms with Crippen LogP contribution in [0.15, 0.2) is 0 Å². The van der Waals surface area contributed by atoms with Gasteiger partial charge in [0.05, 0.1) is 6.42 Å². The van der Waals surface area contributed by atoms with Crippen LogP contribution in [0.3, 0.4) is 0 Å². The molecule has 0 radical (unpaired) electrons. The van der Waals surface area contributed by atoms with E-state index in [-0.39, 0.29) is 29.2 Å². The molecule has 96 valence electrons. The van der Waals surface area contributed by atoms with Gasteiger partial charge in [-0.2, -0.15) is 0 Å². The second-order valence-corrected chi connectivity index (χ2v) is 5.73. The zero-order valence-corrected chi connectivity index (χ0v) is 10.6. The fraction of sp³-hybridized carbons (Fsp3) is 0.833. The molecule has 2 aliphatic rings. The minimum absolute atomic E-state index is 0.0214. The number of ether oxygens (including phenoxy) is 3. The van der Waals surface area contributed by atoms with Crippen molar-refractivity contribution >= 4 is 11.9 Å². The van der Waals surface area contributed by atoms with Crippen LogP contribution in [-0.4, -0.2) is 24.5 Å². The third-order valence-electron chi connectivity index (χ3n) is 3.30. The van der Waals surface area contributed by atoms with Crippen molar-refractivity contribution in [3.05, 3.63) is 0 Å². The minimum Gasteiger partial charge on any atom is -0.435 e. The van der Waals surface area contributed by atoms with Gasteiger partial charge >= 0.3 is 11.9 Å². The summed E-state index contributed by atoms with van der Waals surface area (Å²) < 4.78 is 15.8. The van der Waals surface area contributed by atoms with Gasteiger partial charge in [-0.05, 0) is 5.41 Å². The molecule has 0 unspecified atom stereocenters. The average molecular weight is 242 g/mol. The smallest absolute Gasteiger partial charge is 0.308 e. The summed E-state index contributed by atoms with van der Waals surface area (Å²) in [5, 5.41) is 0. The Kier molecular flexibility index (Phi) is 2.89. The lowest BCUT2D eigenvalue weighted by molar-refractivity contribution is -0.212. The summed E-state index contributed by atoms with van der Waals surface area (Å²) in [6.07, 6.45) is -0.837. The molecular formula is C12H18O5. The van der Waals surface area contributed by atoms with E-state index < -0.39 is 12.6 Å². The van der Waals surface area contributed by atoms with Gasteiger partial charge < -0.3 is 14.2 Å². The topological polar surface area (TPSA) is 61.8 Å². The van der Waals surface area contributed by atoms with Crippen molar-refractivity contribution in [3.63, 3.8) is 0 Å². The third kappa shape index (κ3) is 2.29. The molecular weight excluding hydrogens is 224 g/mol. The van der Waals surface area contributed by atoms with Crippen LogP contribution in [0.4, 0.5) is 0 Å². The second-order valence-electron chi connectivity index (χ2n) is 5.73. The number of carbonyl (C=O) groups excluding carboxylic acids is 2. The van der Waals surface area contributed by atoms with Gasteiger partial charge in [-0.1, -0.05) is 20.8 Å². The summed E-state index contributed by atoms with van der Waals surface area (Å²) in [7, 11) is 0. The van der Waals surface area contributed by atoms with Crippen LogP contribution in [0.2, 0.25) is 0 Å². The quantitative estimate of drug-likeness (QED) is 0.651. The Bertz CT molecular complexity index is 343.